The average Bonchev–Trinajstić information content (AvgIpc) is 2.79. The number of ether oxygens (including phenoxy) is 1. The van der Waals surface area contributed by atoms with Gasteiger partial charge in [-0.1, -0.05) is 54.0 Å². The van der Waals surface area contributed by atoms with Crippen LogP contribution in [0.2, 0.25) is 0 Å². The minimum absolute atomic E-state index is 0.0488. The Morgan fingerprint density at radius 2 is 1.91 bits per heavy atom. The van der Waals surface area contributed by atoms with Gasteiger partial charge in [-0.2, -0.15) is 0 Å². The van der Waals surface area contributed by atoms with E-state index in [2.05, 4.69) is 40.0 Å². The number of halogens is 1. The quantitative estimate of drug-likeness (QED) is 0.420. The molecule has 4 rings (SSSR count). The predicted octanol–water partition coefficient (Wildman–Crippen LogP) is 4.70. The molecule has 2 aromatic rings. The number of hydrogen-bond donors (Lipinski definition) is 1. The van der Waals surface area contributed by atoms with Gasteiger partial charge < -0.3 is 15.0 Å². The standard InChI is InChI=1S/C27H32BrN3O3/c1-19-13-20(2)17-30(16-19)12-6-11-29-26(32)18-31-23-9-3-4-10-24(23)34-25(27(31)33)15-21-7-5-8-22(28)14-21/h3-5,7-10,14-15,19-20H,6,11-13,16-18H2,1-2H3,(H,29,32). The van der Waals surface area contributed by atoms with E-state index in [1.807, 2.05) is 42.5 Å². The van der Waals surface area contributed by atoms with Crippen LogP contribution in [0.5, 0.6) is 5.75 Å². The summed E-state index contributed by atoms with van der Waals surface area (Å²) in [5, 5.41) is 2.99. The third-order valence-corrected chi connectivity index (χ3v) is 6.69. The van der Waals surface area contributed by atoms with Crippen LogP contribution in [0.25, 0.3) is 6.08 Å². The molecule has 2 atom stereocenters. The zero-order chi connectivity index (χ0) is 24.1. The van der Waals surface area contributed by atoms with E-state index in [1.165, 1.54) is 11.3 Å². The largest absolute Gasteiger partial charge is 0.449 e. The first-order valence-corrected chi connectivity index (χ1v) is 12.7. The van der Waals surface area contributed by atoms with Crippen LogP contribution in [0.4, 0.5) is 5.69 Å². The topological polar surface area (TPSA) is 61.9 Å². The monoisotopic (exact) mass is 525 g/mol. The zero-order valence-electron chi connectivity index (χ0n) is 19.8. The number of piperidine rings is 1. The molecule has 0 saturated carbocycles. The van der Waals surface area contributed by atoms with E-state index in [9.17, 15) is 9.59 Å². The van der Waals surface area contributed by atoms with Crippen molar-refractivity contribution in [3.05, 3.63) is 64.3 Å². The maximum Gasteiger partial charge on any atom is 0.294 e. The predicted molar refractivity (Wildman–Crippen MR) is 139 cm³/mol. The third kappa shape index (κ3) is 6.27. The molecule has 0 radical (unpaired) electrons. The Hall–Kier alpha value is -2.64. The number of amides is 2. The van der Waals surface area contributed by atoms with Crippen molar-refractivity contribution in [3.63, 3.8) is 0 Å². The molecule has 0 bridgehead atoms. The fraction of sp³-hybridized carbons (Fsp3) is 0.407. The van der Waals surface area contributed by atoms with Gasteiger partial charge in [0.25, 0.3) is 5.91 Å². The molecule has 2 aliphatic rings. The van der Waals surface area contributed by atoms with Gasteiger partial charge in [0, 0.05) is 24.1 Å². The lowest BCUT2D eigenvalue weighted by molar-refractivity contribution is -0.123. The molecular weight excluding hydrogens is 494 g/mol. The van der Waals surface area contributed by atoms with Crippen molar-refractivity contribution in [1.82, 2.24) is 10.2 Å². The highest BCUT2D eigenvalue weighted by atomic mass is 79.9. The average molecular weight is 526 g/mol. The van der Waals surface area contributed by atoms with Crippen LogP contribution in [0.15, 0.2) is 58.8 Å². The second kappa shape index (κ2) is 11.2. The van der Waals surface area contributed by atoms with Crippen LogP contribution in [-0.4, -0.2) is 49.4 Å². The maximum absolute atomic E-state index is 13.2. The van der Waals surface area contributed by atoms with E-state index >= 15 is 0 Å². The minimum atomic E-state index is -0.329. The summed E-state index contributed by atoms with van der Waals surface area (Å²) in [4.78, 5) is 30.0. The molecule has 2 aliphatic heterocycles. The van der Waals surface area contributed by atoms with Crippen molar-refractivity contribution < 1.29 is 14.3 Å². The summed E-state index contributed by atoms with van der Waals surface area (Å²) < 4.78 is 6.81. The lowest BCUT2D eigenvalue weighted by Crippen LogP contribution is -2.45. The Morgan fingerprint density at radius 1 is 1.15 bits per heavy atom. The summed E-state index contributed by atoms with van der Waals surface area (Å²) >= 11 is 3.45. The number of likely N-dealkylation sites (tertiary alicyclic amines) is 1. The van der Waals surface area contributed by atoms with E-state index in [1.54, 1.807) is 12.1 Å². The van der Waals surface area contributed by atoms with Crippen molar-refractivity contribution in [3.8, 4) is 5.75 Å². The molecule has 2 aromatic carbocycles. The first-order chi connectivity index (χ1) is 16.4. The molecule has 1 saturated heterocycles. The minimum Gasteiger partial charge on any atom is -0.449 e. The van der Waals surface area contributed by atoms with Gasteiger partial charge in [0.1, 0.15) is 6.54 Å². The van der Waals surface area contributed by atoms with Gasteiger partial charge in [-0.3, -0.25) is 14.5 Å². The highest BCUT2D eigenvalue weighted by Crippen LogP contribution is 2.35. The normalized spacial score (nSPS) is 21.8. The van der Waals surface area contributed by atoms with Crippen LogP contribution in [0.1, 0.15) is 32.3 Å². The Kier molecular flexibility index (Phi) is 8.06. The molecule has 1 fully saturated rings. The number of nitrogens with one attached hydrogen (secondary N) is 1. The van der Waals surface area contributed by atoms with Gasteiger partial charge in [-0.05, 0) is 67.1 Å². The second-order valence-corrected chi connectivity index (χ2v) is 10.3. The molecular formula is C27H32BrN3O3. The van der Waals surface area contributed by atoms with Crippen molar-refractivity contribution in [2.45, 2.75) is 26.7 Å². The number of anilines is 1. The molecule has 180 valence electrons. The molecule has 1 N–H and O–H groups in total. The number of nitrogens with zero attached hydrogens (tertiary/aromatic N) is 2. The molecule has 34 heavy (non-hydrogen) atoms. The van der Waals surface area contributed by atoms with E-state index in [0.717, 1.165) is 47.9 Å². The van der Waals surface area contributed by atoms with Gasteiger partial charge in [0.15, 0.2) is 11.5 Å². The molecule has 2 amide bonds. The van der Waals surface area contributed by atoms with Crippen molar-refractivity contribution in [2.75, 3.05) is 37.6 Å². The van der Waals surface area contributed by atoms with Crippen LogP contribution in [-0.2, 0) is 9.59 Å². The second-order valence-electron chi connectivity index (χ2n) is 9.43. The number of para-hydroxylation sites is 2. The van der Waals surface area contributed by atoms with Gasteiger partial charge in [0.2, 0.25) is 5.91 Å². The third-order valence-electron chi connectivity index (χ3n) is 6.20. The Bertz CT molecular complexity index is 1060. The van der Waals surface area contributed by atoms with Crippen molar-refractivity contribution in [2.24, 2.45) is 11.8 Å². The summed E-state index contributed by atoms with van der Waals surface area (Å²) in [6.07, 6.45) is 3.89. The Balaban J connectivity index is 1.38. The smallest absolute Gasteiger partial charge is 0.294 e. The molecule has 2 unspecified atom stereocenters. The molecule has 0 spiro atoms. The van der Waals surface area contributed by atoms with Crippen LogP contribution >= 0.6 is 15.9 Å². The first kappa shape index (κ1) is 24.5. The summed E-state index contributed by atoms with van der Waals surface area (Å²) in [5.74, 6) is 1.70. The number of carbonyl (C=O) groups is 2. The number of carbonyl (C=O) groups excluding carboxylic acids is 2. The molecule has 2 heterocycles. The number of rotatable bonds is 7. The Labute approximate surface area is 210 Å². The lowest BCUT2D eigenvalue weighted by atomic mass is 9.92. The van der Waals surface area contributed by atoms with Gasteiger partial charge >= 0.3 is 0 Å². The summed E-state index contributed by atoms with van der Waals surface area (Å²) in [5.41, 5.74) is 1.44. The van der Waals surface area contributed by atoms with Crippen LogP contribution in [0.3, 0.4) is 0 Å². The fourth-order valence-electron chi connectivity index (χ4n) is 4.87. The van der Waals surface area contributed by atoms with E-state index in [0.29, 0.717) is 18.0 Å². The van der Waals surface area contributed by atoms with Gasteiger partial charge in [-0.25, -0.2) is 0 Å². The number of hydrogen-bond acceptors (Lipinski definition) is 4. The SMILES string of the molecule is CC1CC(C)CN(CCCNC(=O)CN2C(=O)C(=Cc3cccc(Br)c3)Oc3ccccc32)C1. The molecule has 0 aromatic heterocycles. The highest BCUT2D eigenvalue weighted by molar-refractivity contribution is 9.10. The number of fused-ring (bicyclic) bond motifs is 1. The lowest BCUT2D eigenvalue weighted by Gasteiger charge is -2.35. The maximum atomic E-state index is 13.2. The Morgan fingerprint density at radius 3 is 2.68 bits per heavy atom. The molecule has 0 aliphatic carbocycles. The van der Waals surface area contributed by atoms with Gasteiger partial charge in [-0.15, -0.1) is 0 Å². The fourth-order valence-corrected chi connectivity index (χ4v) is 5.29. The molecule has 6 nitrogen and oxygen atoms in total. The molecule has 7 heteroatoms. The zero-order valence-corrected chi connectivity index (χ0v) is 21.4. The van der Waals surface area contributed by atoms with E-state index in [-0.39, 0.29) is 24.1 Å². The summed E-state index contributed by atoms with van der Waals surface area (Å²) in [7, 11) is 0. The van der Waals surface area contributed by atoms with Crippen molar-refractivity contribution in [1.29, 1.82) is 0 Å². The first-order valence-electron chi connectivity index (χ1n) is 11.9. The van der Waals surface area contributed by atoms with Crippen LogP contribution in [0, 0.1) is 11.8 Å². The van der Waals surface area contributed by atoms with Gasteiger partial charge in [0.05, 0.1) is 5.69 Å². The van der Waals surface area contributed by atoms with Crippen molar-refractivity contribution >= 4 is 39.5 Å². The van der Waals surface area contributed by atoms with E-state index in [4.69, 9.17) is 4.74 Å². The number of benzene rings is 2. The van der Waals surface area contributed by atoms with Crippen LogP contribution < -0.4 is 15.0 Å². The highest BCUT2D eigenvalue weighted by Gasteiger charge is 2.31. The van der Waals surface area contributed by atoms with E-state index < -0.39 is 0 Å². The summed E-state index contributed by atoms with van der Waals surface area (Å²) in [6, 6.07) is 14.9. The summed E-state index contributed by atoms with van der Waals surface area (Å²) in [6.45, 7) is 8.40.